The largest absolute Gasteiger partial charge is 0.497 e. The quantitative estimate of drug-likeness (QED) is 0.236. The van der Waals surface area contributed by atoms with Gasteiger partial charge in [-0.15, -0.1) is 5.10 Å². The van der Waals surface area contributed by atoms with Gasteiger partial charge in [0, 0.05) is 36.2 Å². The normalized spacial score (nSPS) is 21.3. The first-order chi connectivity index (χ1) is 22.3. The van der Waals surface area contributed by atoms with Crippen LogP contribution in [0.2, 0.25) is 0 Å². The number of benzene rings is 2. The fourth-order valence-corrected chi connectivity index (χ4v) is 7.08. The van der Waals surface area contributed by atoms with Gasteiger partial charge in [0.25, 0.3) is 5.91 Å². The van der Waals surface area contributed by atoms with Crippen molar-refractivity contribution in [2.45, 2.75) is 97.4 Å². The summed E-state index contributed by atoms with van der Waals surface area (Å²) in [6, 6.07) is 15.7. The van der Waals surface area contributed by atoms with E-state index in [1.807, 2.05) is 101 Å². The molecule has 3 atom stereocenters. The fraction of sp³-hybridized carbons (Fsp3) is 0.500. The van der Waals surface area contributed by atoms with E-state index in [4.69, 9.17) is 14.2 Å². The van der Waals surface area contributed by atoms with Crippen LogP contribution >= 0.6 is 0 Å². The molecule has 1 unspecified atom stereocenters. The summed E-state index contributed by atoms with van der Waals surface area (Å²) in [5.41, 5.74) is 2.87. The van der Waals surface area contributed by atoms with E-state index in [0.29, 0.717) is 36.6 Å². The zero-order valence-electron chi connectivity index (χ0n) is 28.7. The summed E-state index contributed by atoms with van der Waals surface area (Å²) in [5.74, 6) is 0.706. The Bertz CT molecular complexity index is 1770. The number of hydrogen-bond donors (Lipinski definition) is 0. The third kappa shape index (κ3) is 6.33. The van der Waals surface area contributed by atoms with Gasteiger partial charge >= 0.3 is 6.09 Å². The van der Waals surface area contributed by atoms with Crippen molar-refractivity contribution in [2.75, 3.05) is 20.2 Å². The van der Waals surface area contributed by atoms with Crippen molar-refractivity contribution >= 4 is 22.9 Å². The maximum atomic E-state index is 14.4. The Morgan fingerprint density at radius 3 is 2.55 bits per heavy atom. The number of rotatable bonds is 6. The van der Waals surface area contributed by atoms with E-state index in [0.717, 1.165) is 35.0 Å². The average molecular weight is 643 g/mol. The molecule has 47 heavy (non-hydrogen) atoms. The number of hydrogen-bond acceptors (Lipinski definition) is 7. The van der Waals surface area contributed by atoms with Crippen LogP contribution in [0.4, 0.5) is 4.79 Å². The van der Waals surface area contributed by atoms with Crippen molar-refractivity contribution < 1.29 is 23.8 Å². The lowest BCUT2D eigenvalue weighted by molar-refractivity contribution is -0.0757. The molecule has 0 saturated carbocycles. The van der Waals surface area contributed by atoms with Gasteiger partial charge in [0.15, 0.2) is 0 Å². The Kier molecular flexibility index (Phi) is 8.54. The molecule has 0 bridgehead atoms. The summed E-state index contributed by atoms with van der Waals surface area (Å²) in [4.78, 5) is 31.3. The van der Waals surface area contributed by atoms with E-state index in [1.54, 1.807) is 12.0 Å². The van der Waals surface area contributed by atoms with Crippen LogP contribution in [0.5, 0.6) is 5.75 Å². The van der Waals surface area contributed by atoms with Gasteiger partial charge in [0.05, 0.1) is 31.0 Å². The third-order valence-corrected chi connectivity index (χ3v) is 9.18. The molecule has 11 nitrogen and oxygen atoms in total. The minimum absolute atomic E-state index is 0.00623. The second-order valence-corrected chi connectivity index (χ2v) is 14.2. The van der Waals surface area contributed by atoms with Crippen LogP contribution in [0, 0.1) is 6.92 Å². The van der Waals surface area contributed by atoms with Gasteiger partial charge in [-0.3, -0.25) is 9.69 Å². The molecule has 0 radical (unpaired) electrons. The molecule has 2 aliphatic heterocycles. The van der Waals surface area contributed by atoms with Crippen molar-refractivity contribution in [3.63, 3.8) is 0 Å². The first kappa shape index (κ1) is 32.6. The highest BCUT2D eigenvalue weighted by atomic mass is 16.6. The number of carbonyl (C=O) groups is 2. The lowest BCUT2D eigenvalue weighted by Gasteiger charge is -2.34. The lowest BCUT2D eigenvalue weighted by Crippen LogP contribution is -2.47. The van der Waals surface area contributed by atoms with Crippen molar-refractivity contribution in [2.24, 2.45) is 0 Å². The molecule has 0 N–H and O–H groups in total. The summed E-state index contributed by atoms with van der Waals surface area (Å²) in [6.45, 7) is 15.0. The Morgan fingerprint density at radius 1 is 1.11 bits per heavy atom. The van der Waals surface area contributed by atoms with E-state index in [-0.39, 0.29) is 18.1 Å². The van der Waals surface area contributed by atoms with Gasteiger partial charge in [0.1, 0.15) is 28.8 Å². The molecule has 0 aliphatic carbocycles. The molecule has 2 fully saturated rings. The molecular weight excluding hydrogens is 596 g/mol. The average Bonchev–Trinajstić information content (AvgIpc) is 3.68. The molecule has 250 valence electrons. The van der Waals surface area contributed by atoms with Crippen LogP contribution in [-0.4, -0.2) is 79.0 Å². The minimum Gasteiger partial charge on any atom is -0.497 e. The van der Waals surface area contributed by atoms with Crippen molar-refractivity contribution in [3.05, 3.63) is 77.2 Å². The van der Waals surface area contributed by atoms with E-state index in [2.05, 4.69) is 27.0 Å². The van der Waals surface area contributed by atoms with E-state index < -0.39 is 23.5 Å². The van der Waals surface area contributed by atoms with Crippen LogP contribution in [0.25, 0.3) is 10.9 Å². The van der Waals surface area contributed by atoms with Gasteiger partial charge in [-0.05, 0) is 85.1 Å². The third-order valence-electron chi connectivity index (χ3n) is 9.18. The zero-order chi connectivity index (χ0) is 33.7. The molecule has 0 spiro atoms. The van der Waals surface area contributed by atoms with Crippen LogP contribution in [-0.2, 0) is 16.0 Å². The van der Waals surface area contributed by atoms with Gasteiger partial charge in [-0.1, -0.05) is 35.5 Å². The molecule has 6 rings (SSSR count). The van der Waals surface area contributed by atoms with Crippen LogP contribution in [0.3, 0.4) is 0 Å². The van der Waals surface area contributed by atoms with Crippen LogP contribution in [0.15, 0.2) is 54.7 Å². The molecule has 2 aromatic carbocycles. The summed E-state index contributed by atoms with van der Waals surface area (Å²) >= 11 is 0. The Labute approximate surface area is 276 Å². The van der Waals surface area contributed by atoms with E-state index >= 15 is 0 Å². The molecule has 2 saturated heterocycles. The highest BCUT2D eigenvalue weighted by Gasteiger charge is 2.51. The van der Waals surface area contributed by atoms with Crippen LogP contribution in [0.1, 0.15) is 93.8 Å². The Balaban J connectivity index is 1.27. The molecule has 2 aliphatic rings. The number of amides is 2. The van der Waals surface area contributed by atoms with Crippen molar-refractivity contribution in [3.8, 4) is 5.75 Å². The highest BCUT2D eigenvalue weighted by molar-refractivity contribution is 6.09. The van der Waals surface area contributed by atoms with Crippen LogP contribution < -0.4 is 4.74 Å². The standard InChI is InChI=1S/C36H46N6O5/c1-23-31(28-19-27(45-8)16-17-30(28)40(23)20-25-13-10-9-11-14-25)33(43)39-18-12-15-26(21-39)41-22-29(37-38-41)32-24(2)46-36(6,7)42(32)34(44)47-35(3,4)5/h9-11,13-14,16-17,19,22,24,26,32H,12,15,18,20-21H2,1-8H3/t24-,26?,32+/m1/s1. The highest BCUT2D eigenvalue weighted by Crippen LogP contribution is 2.42. The van der Waals surface area contributed by atoms with Gasteiger partial charge in [-0.25, -0.2) is 9.48 Å². The number of aromatic nitrogens is 4. The van der Waals surface area contributed by atoms with Gasteiger partial charge in [-0.2, -0.15) is 0 Å². The Morgan fingerprint density at radius 2 is 1.85 bits per heavy atom. The lowest BCUT2D eigenvalue weighted by atomic mass is 10.0. The molecule has 2 aromatic heterocycles. The SMILES string of the molecule is COc1ccc2c(c1)c(C(=O)N1CCCC(n3cc([C@@H]4[C@@H](C)OC(C)(C)N4C(=O)OC(C)(C)C)nn3)C1)c(C)n2Cc1ccccc1. The molecular formula is C36H46N6O5. The summed E-state index contributed by atoms with van der Waals surface area (Å²) in [7, 11) is 1.64. The number of fused-ring (bicyclic) bond motifs is 1. The Hall–Kier alpha value is -4.38. The second-order valence-electron chi connectivity index (χ2n) is 14.2. The van der Waals surface area contributed by atoms with E-state index in [1.165, 1.54) is 0 Å². The topological polar surface area (TPSA) is 104 Å². The number of likely N-dealkylation sites (tertiary alicyclic amines) is 1. The van der Waals surface area contributed by atoms with Gasteiger partial charge in [0.2, 0.25) is 0 Å². The number of carbonyl (C=O) groups excluding carboxylic acids is 2. The second kappa shape index (κ2) is 12.3. The monoisotopic (exact) mass is 642 g/mol. The number of ether oxygens (including phenoxy) is 3. The number of piperidine rings is 1. The minimum atomic E-state index is -0.884. The smallest absolute Gasteiger partial charge is 0.413 e. The predicted octanol–water partition coefficient (Wildman–Crippen LogP) is 6.51. The first-order valence-corrected chi connectivity index (χ1v) is 16.4. The summed E-state index contributed by atoms with van der Waals surface area (Å²) in [5, 5.41) is 9.93. The fourth-order valence-electron chi connectivity index (χ4n) is 7.08. The summed E-state index contributed by atoms with van der Waals surface area (Å²) in [6.07, 6.45) is 2.80. The maximum Gasteiger partial charge on any atom is 0.413 e. The van der Waals surface area contributed by atoms with Crippen molar-refractivity contribution in [1.29, 1.82) is 0 Å². The molecule has 2 amide bonds. The molecule has 11 heteroatoms. The zero-order valence-corrected chi connectivity index (χ0v) is 28.7. The summed E-state index contributed by atoms with van der Waals surface area (Å²) < 4.78 is 21.6. The predicted molar refractivity (Wildman–Crippen MR) is 178 cm³/mol. The number of methoxy groups -OCH3 is 1. The number of nitrogens with zero attached hydrogens (tertiary/aromatic N) is 6. The van der Waals surface area contributed by atoms with Crippen molar-refractivity contribution in [1.82, 2.24) is 29.4 Å². The maximum absolute atomic E-state index is 14.4. The first-order valence-electron chi connectivity index (χ1n) is 16.4. The van der Waals surface area contributed by atoms with E-state index in [9.17, 15) is 9.59 Å². The molecule has 4 heterocycles. The van der Waals surface area contributed by atoms with Gasteiger partial charge < -0.3 is 23.7 Å². The molecule has 4 aromatic rings.